The normalized spacial score (nSPS) is 20.3. The Morgan fingerprint density at radius 2 is 1.74 bits per heavy atom. The number of likely N-dealkylation sites (tertiary alicyclic amines) is 2. The molecular formula is C24H28BrFN4O4S. The molecule has 2 aliphatic rings. The summed E-state index contributed by atoms with van der Waals surface area (Å²) in [5, 5.41) is 4.30. The van der Waals surface area contributed by atoms with E-state index in [1.807, 2.05) is 32.6 Å². The van der Waals surface area contributed by atoms with Crippen LogP contribution in [0.1, 0.15) is 38.3 Å². The summed E-state index contributed by atoms with van der Waals surface area (Å²) in [6.45, 7) is 8.20. The Kier molecular flexibility index (Phi) is 6.85. The third-order valence-electron chi connectivity index (χ3n) is 5.92. The van der Waals surface area contributed by atoms with E-state index in [4.69, 9.17) is 4.74 Å². The van der Waals surface area contributed by atoms with E-state index in [2.05, 4.69) is 25.9 Å². The quantitative estimate of drug-likeness (QED) is 0.339. The first-order valence-electron chi connectivity index (χ1n) is 11.2. The summed E-state index contributed by atoms with van der Waals surface area (Å²) in [7, 11) is -3.93. The number of sulfonamides is 1. The molecule has 4 rings (SSSR count). The number of carbonyl (C=O) groups excluding carboxylic acids is 1. The van der Waals surface area contributed by atoms with E-state index in [1.54, 1.807) is 23.1 Å². The molecule has 1 amide bonds. The van der Waals surface area contributed by atoms with Crippen molar-refractivity contribution in [2.24, 2.45) is 5.10 Å². The first kappa shape index (κ1) is 25.4. The number of amidine groups is 1. The molecule has 0 aromatic heterocycles. The molecule has 0 saturated carbocycles. The van der Waals surface area contributed by atoms with Crippen LogP contribution in [0.25, 0.3) is 0 Å². The summed E-state index contributed by atoms with van der Waals surface area (Å²) < 4.78 is 45.5. The number of fused-ring (bicyclic) bond motifs is 2. The zero-order chi connectivity index (χ0) is 25.5. The average Bonchev–Trinajstić information content (AvgIpc) is 3.35. The Labute approximate surface area is 213 Å². The van der Waals surface area contributed by atoms with Gasteiger partial charge >= 0.3 is 6.09 Å². The van der Waals surface area contributed by atoms with E-state index in [-0.39, 0.29) is 23.1 Å². The number of aryl methyl sites for hydroxylation is 1. The fourth-order valence-electron chi connectivity index (χ4n) is 4.29. The second kappa shape index (κ2) is 9.42. The highest BCUT2D eigenvalue weighted by Crippen LogP contribution is 2.34. The second-order valence-electron chi connectivity index (χ2n) is 9.80. The van der Waals surface area contributed by atoms with Crippen LogP contribution in [0.5, 0.6) is 0 Å². The second-order valence-corrected chi connectivity index (χ2v) is 12.3. The van der Waals surface area contributed by atoms with Crippen molar-refractivity contribution >= 4 is 37.9 Å². The number of hydrogen-bond donors (Lipinski definition) is 1. The molecule has 2 heterocycles. The molecule has 0 spiro atoms. The number of piperazine rings is 1. The number of hydrazone groups is 1. The van der Waals surface area contributed by atoms with Crippen LogP contribution in [-0.2, 0) is 14.8 Å². The number of benzene rings is 2. The number of rotatable bonds is 4. The van der Waals surface area contributed by atoms with Gasteiger partial charge in [-0.15, -0.1) is 5.10 Å². The maximum Gasteiger partial charge on any atom is 0.410 e. The van der Waals surface area contributed by atoms with Crippen molar-refractivity contribution in [3.05, 3.63) is 63.9 Å². The highest BCUT2D eigenvalue weighted by atomic mass is 79.9. The fourth-order valence-corrected chi connectivity index (χ4v) is 5.63. The van der Waals surface area contributed by atoms with Crippen molar-refractivity contribution < 1.29 is 22.3 Å². The lowest BCUT2D eigenvalue weighted by molar-refractivity contribution is 0.0168. The highest BCUT2D eigenvalue weighted by molar-refractivity contribution is 9.10. The summed E-state index contributed by atoms with van der Waals surface area (Å²) >= 11 is 3.38. The predicted octanol–water partition coefficient (Wildman–Crippen LogP) is 4.23. The van der Waals surface area contributed by atoms with Gasteiger partial charge in [-0.25, -0.2) is 9.18 Å². The van der Waals surface area contributed by atoms with Gasteiger partial charge in [-0.1, -0.05) is 17.7 Å². The minimum Gasteiger partial charge on any atom is -0.444 e. The van der Waals surface area contributed by atoms with E-state index in [0.717, 1.165) is 5.56 Å². The number of halogens is 2. The first-order valence-corrected chi connectivity index (χ1v) is 13.5. The SMILES string of the molecule is Cc1ccc(S(=O)(=O)N/N=C(/c2ccc(F)cc2Br)N2CC3CC2CN3C(=O)OC(C)(C)C)cc1. The maximum absolute atomic E-state index is 13.8. The molecule has 0 radical (unpaired) electrons. The van der Waals surface area contributed by atoms with Gasteiger partial charge in [0.25, 0.3) is 10.0 Å². The maximum atomic E-state index is 13.8. The minimum absolute atomic E-state index is 0.0865. The minimum atomic E-state index is -3.93. The van der Waals surface area contributed by atoms with Gasteiger partial charge in [0.2, 0.25) is 0 Å². The number of ether oxygens (including phenoxy) is 1. The van der Waals surface area contributed by atoms with Crippen LogP contribution < -0.4 is 4.83 Å². The van der Waals surface area contributed by atoms with Gasteiger partial charge in [0, 0.05) is 23.1 Å². The van der Waals surface area contributed by atoms with Crippen molar-refractivity contribution in [3.8, 4) is 0 Å². The predicted molar refractivity (Wildman–Crippen MR) is 134 cm³/mol. The zero-order valence-electron chi connectivity index (χ0n) is 20.0. The van der Waals surface area contributed by atoms with Crippen LogP contribution in [0.3, 0.4) is 0 Å². The van der Waals surface area contributed by atoms with Gasteiger partial charge in [-0.05, 0) is 80.4 Å². The Bertz CT molecular complexity index is 1260. The molecule has 0 aliphatic carbocycles. The van der Waals surface area contributed by atoms with Crippen molar-refractivity contribution in [1.82, 2.24) is 14.6 Å². The smallest absolute Gasteiger partial charge is 0.410 e. The van der Waals surface area contributed by atoms with E-state index in [0.29, 0.717) is 35.4 Å². The van der Waals surface area contributed by atoms with Crippen molar-refractivity contribution in [2.45, 2.75) is 56.7 Å². The first-order chi connectivity index (χ1) is 16.3. The number of carbonyl (C=O) groups is 1. The largest absolute Gasteiger partial charge is 0.444 e. The standard InChI is InChI=1S/C24H28BrFN4O4S/c1-15-5-8-19(9-6-15)35(32,33)28-27-22(20-10-7-16(26)11-21(20)25)29-13-18-12-17(29)14-30(18)23(31)34-24(2,3)4/h5-11,17-18,28H,12-14H2,1-4H3/b27-22-. The Morgan fingerprint density at radius 1 is 1.11 bits per heavy atom. The molecule has 1 N–H and O–H groups in total. The van der Waals surface area contributed by atoms with E-state index in [9.17, 15) is 17.6 Å². The lowest BCUT2D eigenvalue weighted by Crippen LogP contribution is -2.52. The summed E-state index contributed by atoms with van der Waals surface area (Å²) in [5.74, 6) is -0.0804. The lowest BCUT2D eigenvalue weighted by Gasteiger charge is -2.36. The molecule has 2 fully saturated rings. The molecule has 8 nitrogen and oxygen atoms in total. The number of nitrogens with one attached hydrogen (secondary N) is 1. The molecule has 2 bridgehead atoms. The molecule has 2 saturated heterocycles. The van der Waals surface area contributed by atoms with Gasteiger partial charge in [0.05, 0.1) is 17.0 Å². The number of amides is 1. The summed E-state index contributed by atoms with van der Waals surface area (Å²) in [4.78, 5) is 18.7. The third kappa shape index (κ3) is 5.61. The van der Waals surface area contributed by atoms with Gasteiger partial charge in [-0.2, -0.15) is 13.2 Å². The Balaban J connectivity index is 1.62. The topological polar surface area (TPSA) is 91.3 Å². The third-order valence-corrected chi connectivity index (χ3v) is 7.80. The molecule has 2 unspecified atom stereocenters. The van der Waals surface area contributed by atoms with Crippen LogP contribution in [0, 0.1) is 12.7 Å². The van der Waals surface area contributed by atoms with E-state index >= 15 is 0 Å². The van der Waals surface area contributed by atoms with Crippen LogP contribution in [0.4, 0.5) is 9.18 Å². The zero-order valence-corrected chi connectivity index (χ0v) is 22.4. The Morgan fingerprint density at radius 3 is 2.31 bits per heavy atom. The van der Waals surface area contributed by atoms with E-state index in [1.165, 1.54) is 24.3 Å². The van der Waals surface area contributed by atoms with Gasteiger partial charge in [-0.3, -0.25) is 0 Å². The monoisotopic (exact) mass is 566 g/mol. The molecule has 11 heteroatoms. The van der Waals surface area contributed by atoms with Crippen LogP contribution in [0.15, 0.2) is 56.9 Å². The van der Waals surface area contributed by atoms with Crippen LogP contribution in [-0.4, -0.2) is 60.9 Å². The van der Waals surface area contributed by atoms with Gasteiger partial charge in [0.1, 0.15) is 11.4 Å². The molecule has 2 aliphatic heterocycles. The van der Waals surface area contributed by atoms with Crippen LogP contribution in [0.2, 0.25) is 0 Å². The highest BCUT2D eigenvalue weighted by Gasteiger charge is 2.48. The van der Waals surface area contributed by atoms with Crippen molar-refractivity contribution in [3.63, 3.8) is 0 Å². The van der Waals surface area contributed by atoms with Gasteiger partial charge in [0.15, 0.2) is 5.84 Å². The average molecular weight is 567 g/mol. The lowest BCUT2D eigenvalue weighted by atomic mass is 10.1. The molecule has 188 valence electrons. The van der Waals surface area contributed by atoms with Crippen LogP contribution >= 0.6 is 15.9 Å². The molecule has 35 heavy (non-hydrogen) atoms. The van der Waals surface area contributed by atoms with Crippen molar-refractivity contribution in [2.75, 3.05) is 13.1 Å². The summed E-state index contributed by atoms with van der Waals surface area (Å²) in [6, 6.07) is 10.4. The number of hydrogen-bond acceptors (Lipinski definition) is 5. The Hall–Kier alpha value is -2.66. The summed E-state index contributed by atoms with van der Waals surface area (Å²) in [5.41, 5.74) is 0.874. The number of nitrogens with zero attached hydrogens (tertiary/aromatic N) is 3. The molecule has 2 atom stereocenters. The summed E-state index contributed by atoms with van der Waals surface area (Å²) in [6.07, 6.45) is 0.327. The van der Waals surface area contributed by atoms with E-state index < -0.39 is 21.4 Å². The molecule has 2 aromatic rings. The molecule has 2 aromatic carbocycles. The van der Waals surface area contributed by atoms with Crippen molar-refractivity contribution in [1.29, 1.82) is 0 Å². The molecular weight excluding hydrogens is 539 g/mol. The van der Waals surface area contributed by atoms with Gasteiger partial charge < -0.3 is 14.5 Å². The fraction of sp³-hybridized carbons (Fsp3) is 0.417.